The third-order valence-electron chi connectivity index (χ3n) is 4.42. The van der Waals surface area contributed by atoms with Crippen LogP contribution in [0.4, 0.5) is 5.69 Å². The fraction of sp³-hybridized carbons (Fsp3) is 0.130. The number of halogens is 1. The van der Waals surface area contributed by atoms with Crippen LogP contribution in [0.25, 0.3) is 11.5 Å². The summed E-state index contributed by atoms with van der Waals surface area (Å²) < 4.78 is 16.9. The number of methoxy groups -OCH3 is 1. The Morgan fingerprint density at radius 2 is 1.70 bits per heavy atom. The molecule has 0 fully saturated rings. The van der Waals surface area contributed by atoms with Crippen molar-refractivity contribution in [3.8, 4) is 23.0 Å². The van der Waals surface area contributed by atoms with Gasteiger partial charge in [-0.3, -0.25) is 0 Å². The molecule has 0 amide bonds. The number of aromatic nitrogens is 2. The molecule has 1 aromatic heterocycles. The highest BCUT2D eigenvalue weighted by molar-refractivity contribution is 6.30. The maximum atomic E-state index is 5.90. The third kappa shape index (κ3) is 4.90. The van der Waals surface area contributed by atoms with Gasteiger partial charge in [0.15, 0.2) is 0 Å². The van der Waals surface area contributed by atoms with Crippen molar-refractivity contribution in [2.45, 2.75) is 13.2 Å². The zero-order chi connectivity index (χ0) is 20.8. The standard InChI is InChI=1S/C23H20ClN3O3/c1-28-21-5-3-2-4-20(21)23-27-26-22(30-23)14-25-18-10-12-19(13-11-18)29-15-16-6-8-17(24)9-7-16/h2-13,25H,14-15H2,1H3. The number of nitrogens with zero attached hydrogens (tertiary/aromatic N) is 2. The van der Waals surface area contributed by atoms with Crippen molar-refractivity contribution in [1.29, 1.82) is 0 Å². The minimum absolute atomic E-state index is 0.410. The van der Waals surface area contributed by atoms with E-state index in [1.165, 1.54) is 0 Å². The van der Waals surface area contributed by atoms with E-state index in [1.54, 1.807) is 7.11 Å². The molecular formula is C23H20ClN3O3. The first-order valence-corrected chi connectivity index (χ1v) is 9.76. The van der Waals surface area contributed by atoms with E-state index in [0.29, 0.717) is 35.7 Å². The van der Waals surface area contributed by atoms with E-state index in [-0.39, 0.29) is 0 Å². The molecule has 4 aromatic rings. The summed E-state index contributed by atoms with van der Waals surface area (Å²) in [5, 5.41) is 12.2. The Hall–Kier alpha value is -3.51. The summed E-state index contributed by atoms with van der Waals surface area (Å²) in [6.45, 7) is 0.894. The van der Waals surface area contributed by atoms with Crippen LogP contribution in [0, 0.1) is 0 Å². The van der Waals surface area contributed by atoms with Crippen molar-refractivity contribution < 1.29 is 13.9 Å². The van der Waals surface area contributed by atoms with Crippen LogP contribution >= 0.6 is 11.6 Å². The predicted octanol–water partition coefficient (Wildman–Crippen LogP) is 5.59. The van der Waals surface area contributed by atoms with Crippen molar-refractivity contribution in [1.82, 2.24) is 10.2 Å². The average molecular weight is 422 g/mol. The zero-order valence-corrected chi connectivity index (χ0v) is 17.1. The van der Waals surface area contributed by atoms with Gasteiger partial charge < -0.3 is 19.2 Å². The highest BCUT2D eigenvalue weighted by atomic mass is 35.5. The van der Waals surface area contributed by atoms with Crippen LogP contribution in [0.3, 0.4) is 0 Å². The molecule has 0 saturated carbocycles. The van der Waals surface area contributed by atoms with Crippen molar-refractivity contribution in [2.75, 3.05) is 12.4 Å². The second kappa shape index (κ2) is 9.33. The molecule has 0 atom stereocenters. The fourth-order valence-electron chi connectivity index (χ4n) is 2.85. The first-order valence-electron chi connectivity index (χ1n) is 9.38. The molecule has 152 valence electrons. The van der Waals surface area contributed by atoms with E-state index in [1.807, 2.05) is 72.8 Å². The summed E-state index contributed by atoms with van der Waals surface area (Å²) in [7, 11) is 1.61. The van der Waals surface area contributed by atoms with Crippen LogP contribution < -0.4 is 14.8 Å². The van der Waals surface area contributed by atoms with Crippen LogP contribution in [0.2, 0.25) is 5.02 Å². The van der Waals surface area contributed by atoms with E-state index < -0.39 is 0 Å². The van der Waals surface area contributed by atoms with Crippen LogP contribution in [0.15, 0.2) is 77.2 Å². The Kier molecular flexibility index (Phi) is 6.15. The minimum atomic E-state index is 0.410. The first-order chi connectivity index (χ1) is 14.7. The van der Waals surface area contributed by atoms with Gasteiger partial charge in [0.25, 0.3) is 5.89 Å². The molecule has 3 aromatic carbocycles. The number of anilines is 1. The lowest BCUT2D eigenvalue weighted by Gasteiger charge is -2.08. The number of benzene rings is 3. The Balaban J connectivity index is 1.32. The van der Waals surface area contributed by atoms with Crippen molar-refractivity contribution in [3.63, 3.8) is 0 Å². The quantitative estimate of drug-likeness (QED) is 0.400. The van der Waals surface area contributed by atoms with Gasteiger partial charge in [-0.05, 0) is 54.1 Å². The lowest BCUT2D eigenvalue weighted by Crippen LogP contribution is -2.00. The van der Waals surface area contributed by atoms with Gasteiger partial charge in [-0.15, -0.1) is 10.2 Å². The first kappa shape index (κ1) is 19.8. The summed E-state index contributed by atoms with van der Waals surface area (Å²) in [5.74, 6) is 2.38. The molecule has 6 nitrogen and oxygen atoms in total. The summed E-state index contributed by atoms with van der Waals surface area (Å²) in [5.41, 5.74) is 2.75. The Morgan fingerprint density at radius 1 is 0.933 bits per heavy atom. The van der Waals surface area contributed by atoms with E-state index in [0.717, 1.165) is 22.6 Å². The molecule has 1 heterocycles. The van der Waals surface area contributed by atoms with Crippen LogP contribution in [-0.4, -0.2) is 17.3 Å². The highest BCUT2D eigenvalue weighted by Gasteiger charge is 2.12. The average Bonchev–Trinajstić information content (AvgIpc) is 3.27. The number of ether oxygens (including phenoxy) is 2. The maximum absolute atomic E-state index is 5.90. The van der Waals surface area contributed by atoms with E-state index in [2.05, 4.69) is 15.5 Å². The number of hydrogen-bond donors (Lipinski definition) is 1. The zero-order valence-electron chi connectivity index (χ0n) is 16.3. The molecule has 1 N–H and O–H groups in total. The molecule has 0 aliphatic rings. The fourth-order valence-corrected chi connectivity index (χ4v) is 2.98. The molecule has 0 saturated heterocycles. The largest absolute Gasteiger partial charge is 0.496 e. The normalized spacial score (nSPS) is 10.6. The molecule has 0 unspecified atom stereocenters. The Bertz CT molecular complexity index is 1100. The Labute approximate surface area is 179 Å². The van der Waals surface area contributed by atoms with Crippen LogP contribution in [-0.2, 0) is 13.2 Å². The molecular weight excluding hydrogens is 402 g/mol. The lowest BCUT2D eigenvalue weighted by molar-refractivity contribution is 0.306. The van der Waals surface area contributed by atoms with Crippen molar-refractivity contribution in [3.05, 3.63) is 89.3 Å². The number of para-hydroxylation sites is 1. The van der Waals surface area contributed by atoms with Crippen molar-refractivity contribution >= 4 is 17.3 Å². The molecule has 7 heteroatoms. The number of rotatable bonds is 8. The van der Waals surface area contributed by atoms with Crippen LogP contribution in [0.1, 0.15) is 11.5 Å². The number of nitrogens with one attached hydrogen (secondary N) is 1. The van der Waals surface area contributed by atoms with Gasteiger partial charge in [0, 0.05) is 10.7 Å². The second-order valence-corrected chi connectivity index (χ2v) is 6.93. The highest BCUT2D eigenvalue weighted by Crippen LogP contribution is 2.28. The van der Waals surface area contributed by atoms with Gasteiger partial charge in [0.1, 0.15) is 18.1 Å². The van der Waals surface area contributed by atoms with Gasteiger partial charge >= 0.3 is 0 Å². The maximum Gasteiger partial charge on any atom is 0.251 e. The van der Waals surface area contributed by atoms with Crippen LogP contribution in [0.5, 0.6) is 11.5 Å². The third-order valence-corrected chi connectivity index (χ3v) is 4.67. The molecule has 4 rings (SSSR count). The lowest BCUT2D eigenvalue weighted by atomic mass is 10.2. The van der Waals surface area contributed by atoms with Gasteiger partial charge in [-0.1, -0.05) is 35.9 Å². The van der Waals surface area contributed by atoms with Gasteiger partial charge in [0.2, 0.25) is 5.89 Å². The number of hydrogen-bond acceptors (Lipinski definition) is 6. The minimum Gasteiger partial charge on any atom is -0.496 e. The molecule has 0 bridgehead atoms. The summed E-state index contributed by atoms with van der Waals surface area (Å²) in [6.07, 6.45) is 0. The predicted molar refractivity (Wildman–Crippen MR) is 116 cm³/mol. The topological polar surface area (TPSA) is 69.4 Å². The van der Waals surface area contributed by atoms with Crippen molar-refractivity contribution in [2.24, 2.45) is 0 Å². The van der Waals surface area contributed by atoms with E-state index >= 15 is 0 Å². The molecule has 0 aliphatic heterocycles. The molecule has 0 aliphatic carbocycles. The molecule has 0 spiro atoms. The summed E-state index contributed by atoms with van der Waals surface area (Å²) in [4.78, 5) is 0. The smallest absolute Gasteiger partial charge is 0.251 e. The van der Waals surface area contributed by atoms with Gasteiger partial charge in [0.05, 0.1) is 19.2 Å². The van der Waals surface area contributed by atoms with E-state index in [4.69, 9.17) is 25.5 Å². The SMILES string of the molecule is COc1ccccc1-c1nnc(CNc2ccc(OCc3ccc(Cl)cc3)cc2)o1. The summed E-state index contributed by atoms with van der Waals surface area (Å²) in [6, 6.07) is 22.8. The monoisotopic (exact) mass is 421 g/mol. The van der Waals surface area contributed by atoms with E-state index in [9.17, 15) is 0 Å². The second-order valence-electron chi connectivity index (χ2n) is 6.49. The van der Waals surface area contributed by atoms with Gasteiger partial charge in [-0.25, -0.2) is 0 Å². The van der Waals surface area contributed by atoms with Gasteiger partial charge in [-0.2, -0.15) is 0 Å². The molecule has 0 radical (unpaired) electrons. The Morgan fingerprint density at radius 3 is 2.47 bits per heavy atom. The summed E-state index contributed by atoms with van der Waals surface area (Å²) >= 11 is 5.90. The molecule has 30 heavy (non-hydrogen) atoms.